The van der Waals surface area contributed by atoms with Gasteiger partial charge in [-0.05, 0) is 50.0 Å². The second-order valence-corrected chi connectivity index (χ2v) is 4.43. The van der Waals surface area contributed by atoms with Crippen LogP contribution in [0.3, 0.4) is 0 Å². The van der Waals surface area contributed by atoms with E-state index in [1.165, 1.54) is 22.3 Å². The van der Waals surface area contributed by atoms with E-state index in [9.17, 15) is 0 Å². The molecule has 0 aromatic heterocycles. The standard InChI is InChI=1S/C17H21N/c1-6-11-18-12-14(4)15(5)17-9-7-16(8-10-17)13(2)3/h6-12H,2H2,1,3-5H3/b11-6-,15-14-,18-12-. The van der Waals surface area contributed by atoms with Crippen LogP contribution in [0, 0.1) is 0 Å². The van der Waals surface area contributed by atoms with Crippen molar-refractivity contribution in [2.75, 3.05) is 0 Å². The number of benzene rings is 1. The third-order valence-electron chi connectivity index (χ3n) is 2.91. The maximum absolute atomic E-state index is 4.20. The Balaban J connectivity index is 2.98. The summed E-state index contributed by atoms with van der Waals surface area (Å²) < 4.78 is 0. The first-order valence-electron chi connectivity index (χ1n) is 6.14. The predicted octanol–water partition coefficient (Wildman–Crippen LogP) is 5.12. The Morgan fingerprint density at radius 2 is 1.61 bits per heavy atom. The molecule has 0 heterocycles. The zero-order chi connectivity index (χ0) is 13.5. The number of hydrogen-bond acceptors (Lipinski definition) is 1. The zero-order valence-electron chi connectivity index (χ0n) is 11.7. The van der Waals surface area contributed by atoms with E-state index in [1.54, 1.807) is 6.20 Å². The first-order valence-corrected chi connectivity index (χ1v) is 6.14. The summed E-state index contributed by atoms with van der Waals surface area (Å²) in [6.45, 7) is 12.1. The number of rotatable bonds is 4. The van der Waals surface area contributed by atoms with Crippen LogP contribution in [0.15, 0.2) is 53.7 Å². The van der Waals surface area contributed by atoms with Gasteiger partial charge in [-0.25, -0.2) is 0 Å². The average molecular weight is 239 g/mol. The second-order valence-electron chi connectivity index (χ2n) is 4.43. The molecule has 0 unspecified atom stereocenters. The number of allylic oxidation sites excluding steroid dienone is 4. The van der Waals surface area contributed by atoms with Crippen molar-refractivity contribution in [2.24, 2.45) is 4.99 Å². The van der Waals surface area contributed by atoms with Crippen molar-refractivity contribution in [3.8, 4) is 0 Å². The van der Waals surface area contributed by atoms with E-state index in [0.717, 1.165) is 5.57 Å². The largest absolute Gasteiger partial charge is 0.265 e. The van der Waals surface area contributed by atoms with Crippen molar-refractivity contribution in [1.29, 1.82) is 0 Å². The summed E-state index contributed by atoms with van der Waals surface area (Å²) in [6, 6.07) is 8.48. The van der Waals surface area contributed by atoms with Gasteiger partial charge >= 0.3 is 0 Å². The van der Waals surface area contributed by atoms with Gasteiger partial charge in [0.1, 0.15) is 0 Å². The molecule has 0 spiro atoms. The van der Waals surface area contributed by atoms with Crippen molar-refractivity contribution < 1.29 is 0 Å². The lowest BCUT2D eigenvalue weighted by Gasteiger charge is -2.06. The Morgan fingerprint density at radius 3 is 2.11 bits per heavy atom. The van der Waals surface area contributed by atoms with Gasteiger partial charge in [0.15, 0.2) is 0 Å². The minimum Gasteiger partial charge on any atom is -0.265 e. The molecule has 0 radical (unpaired) electrons. The molecule has 0 aliphatic rings. The van der Waals surface area contributed by atoms with Gasteiger partial charge in [-0.2, -0.15) is 0 Å². The molecule has 1 aromatic carbocycles. The van der Waals surface area contributed by atoms with E-state index in [1.807, 2.05) is 26.1 Å². The molecular formula is C17H21N. The van der Waals surface area contributed by atoms with Crippen LogP contribution in [-0.2, 0) is 0 Å². The van der Waals surface area contributed by atoms with Crippen LogP contribution < -0.4 is 0 Å². The maximum atomic E-state index is 4.20. The van der Waals surface area contributed by atoms with Gasteiger partial charge in [0.05, 0.1) is 0 Å². The Kier molecular flexibility index (Phi) is 5.31. The van der Waals surface area contributed by atoms with E-state index < -0.39 is 0 Å². The van der Waals surface area contributed by atoms with E-state index in [-0.39, 0.29) is 0 Å². The molecule has 0 aliphatic heterocycles. The lowest BCUT2D eigenvalue weighted by atomic mass is 10.00. The van der Waals surface area contributed by atoms with Gasteiger partial charge in [-0.15, -0.1) is 0 Å². The van der Waals surface area contributed by atoms with Crippen LogP contribution in [0.4, 0.5) is 0 Å². The Morgan fingerprint density at radius 1 is 1.06 bits per heavy atom. The first kappa shape index (κ1) is 14.2. The normalized spacial score (nSPS) is 13.1. The summed E-state index contributed by atoms with van der Waals surface area (Å²) in [4.78, 5) is 4.20. The van der Waals surface area contributed by atoms with Gasteiger partial charge in [-0.3, -0.25) is 4.99 Å². The minimum atomic E-state index is 1.09. The molecule has 0 fully saturated rings. The van der Waals surface area contributed by atoms with Crippen LogP contribution in [0.1, 0.15) is 38.8 Å². The average Bonchev–Trinajstić information content (AvgIpc) is 2.38. The third kappa shape index (κ3) is 3.85. The molecule has 0 amide bonds. The van der Waals surface area contributed by atoms with Gasteiger partial charge in [0, 0.05) is 12.4 Å². The fourth-order valence-electron chi connectivity index (χ4n) is 1.57. The molecular weight excluding hydrogens is 218 g/mol. The lowest BCUT2D eigenvalue weighted by molar-refractivity contribution is 1.46. The minimum absolute atomic E-state index is 1.09. The molecule has 0 saturated carbocycles. The summed E-state index contributed by atoms with van der Waals surface area (Å²) in [5.41, 5.74) is 5.93. The SMILES string of the molecule is C=C(C)c1ccc(\C(C)=C(C)/C=N\C=C/C)cc1. The molecule has 18 heavy (non-hydrogen) atoms. The van der Waals surface area contributed by atoms with Gasteiger partial charge in [0.2, 0.25) is 0 Å². The lowest BCUT2D eigenvalue weighted by Crippen LogP contribution is -1.87. The fraction of sp³-hybridized carbons (Fsp3) is 0.235. The van der Waals surface area contributed by atoms with E-state index >= 15 is 0 Å². The molecule has 0 saturated heterocycles. The topological polar surface area (TPSA) is 12.4 Å². The van der Waals surface area contributed by atoms with Gasteiger partial charge < -0.3 is 0 Å². The number of aliphatic imine (C=N–C) groups is 1. The molecule has 0 aliphatic carbocycles. The Bertz CT molecular complexity index is 499. The van der Waals surface area contributed by atoms with Gasteiger partial charge in [-0.1, -0.05) is 42.5 Å². The van der Waals surface area contributed by atoms with E-state index in [0.29, 0.717) is 0 Å². The second kappa shape index (κ2) is 6.75. The van der Waals surface area contributed by atoms with Crippen LogP contribution >= 0.6 is 0 Å². The molecule has 0 bridgehead atoms. The van der Waals surface area contributed by atoms with Crippen LogP contribution in [-0.4, -0.2) is 6.21 Å². The third-order valence-corrected chi connectivity index (χ3v) is 2.91. The van der Waals surface area contributed by atoms with Crippen LogP contribution in [0.2, 0.25) is 0 Å². The molecule has 1 aromatic rings. The Hall–Kier alpha value is -1.89. The highest BCUT2D eigenvalue weighted by Crippen LogP contribution is 2.20. The first-order chi connectivity index (χ1) is 8.56. The van der Waals surface area contributed by atoms with Crippen molar-refractivity contribution in [3.05, 3.63) is 59.8 Å². The summed E-state index contributed by atoms with van der Waals surface area (Å²) in [5, 5.41) is 0. The molecule has 0 N–H and O–H groups in total. The number of nitrogens with zero attached hydrogens (tertiary/aromatic N) is 1. The van der Waals surface area contributed by atoms with Crippen LogP contribution in [0.25, 0.3) is 11.1 Å². The molecule has 1 nitrogen and oxygen atoms in total. The van der Waals surface area contributed by atoms with Crippen molar-refractivity contribution >= 4 is 17.4 Å². The molecule has 94 valence electrons. The fourth-order valence-corrected chi connectivity index (χ4v) is 1.57. The maximum Gasteiger partial charge on any atom is 0.0299 e. The summed E-state index contributed by atoms with van der Waals surface area (Å²) >= 11 is 0. The van der Waals surface area contributed by atoms with E-state index in [4.69, 9.17) is 0 Å². The monoisotopic (exact) mass is 239 g/mol. The van der Waals surface area contributed by atoms with Crippen molar-refractivity contribution in [2.45, 2.75) is 27.7 Å². The summed E-state index contributed by atoms with van der Waals surface area (Å²) in [6.07, 6.45) is 5.60. The summed E-state index contributed by atoms with van der Waals surface area (Å²) in [5.74, 6) is 0. The van der Waals surface area contributed by atoms with Crippen molar-refractivity contribution in [1.82, 2.24) is 0 Å². The highest BCUT2D eigenvalue weighted by atomic mass is 14.7. The highest BCUT2D eigenvalue weighted by Gasteiger charge is 1.99. The van der Waals surface area contributed by atoms with Crippen LogP contribution in [0.5, 0.6) is 0 Å². The molecule has 0 atom stereocenters. The van der Waals surface area contributed by atoms with Gasteiger partial charge in [0.25, 0.3) is 0 Å². The number of hydrogen-bond donors (Lipinski definition) is 0. The van der Waals surface area contributed by atoms with Crippen molar-refractivity contribution in [3.63, 3.8) is 0 Å². The smallest absolute Gasteiger partial charge is 0.0299 e. The molecule has 1 rings (SSSR count). The Labute approximate surface area is 110 Å². The summed E-state index contributed by atoms with van der Waals surface area (Å²) in [7, 11) is 0. The zero-order valence-corrected chi connectivity index (χ0v) is 11.7. The van der Waals surface area contributed by atoms with E-state index in [2.05, 4.69) is 49.7 Å². The molecule has 1 heteroatoms. The quantitative estimate of drug-likeness (QED) is 0.647. The highest BCUT2D eigenvalue weighted by molar-refractivity contribution is 5.90. The predicted molar refractivity (Wildman–Crippen MR) is 82.7 cm³/mol.